The molecule has 0 saturated carbocycles. The van der Waals surface area contributed by atoms with Crippen molar-refractivity contribution in [2.45, 2.75) is 18.9 Å². The predicted octanol–water partition coefficient (Wildman–Crippen LogP) is 3.52. The molecule has 1 atom stereocenters. The van der Waals surface area contributed by atoms with E-state index in [2.05, 4.69) is 5.10 Å². The fourth-order valence-corrected chi connectivity index (χ4v) is 4.36. The first kappa shape index (κ1) is 19.4. The maximum absolute atomic E-state index is 13.0. The molecule has 0 unspecified atom stereocenters. The molecule has 2 aromatic heterocycles. The lowest BCUT2D eigenvalue weighted by atomic mass is 10.0. The van der Waals surface area contributed by atoms with E-state index in [0.29, 0.717) is 18.7 Å². The Bertz CT molecular complexity index is 1040. The van der Waals surface area contributed by atoms with E-state index in [0.717, 1.165) is 29.1 Å². The van der Waals surface area contributed by atoms with Crippen LogP contribution in [0.1, 0.15) is 29.2 Å². The monoisotopic (exact) mass is 408 g/mol. The van der Waals surface area contributed by atoms with Gasteiger partial charge in [-0.05, 0) is 54.6 Å². The molecule has 0 aliphatic carbocycles. The summed E-state index contributed by atoms with van der Waals surface area (Å²) in [5, 5.41) is 6.60. The zero-order valence-electron chi connectivity index (χ0n) is 16.6. The number of carbonyl (C=O) groups is 1. The van der Waals surface area contributed by atoms with Crippen molar-refractivity contribution in [1.82, 2.24) is 14.7 Å². The van der Waals surface area contributed by atoms with Crippen LogP contribution in [0.5, 0.6) is 0 Å². The number of hydrogen-bond acceptors (Lipinski definition) is 5. The average Bonchev–Trinajstić information content (AvgIpc) is 3.28. The van der Waals surface area contributed by atoms with Gasteiger partial charge in [-0.1, -0.05) is 6.07 Å². The van der Waals surface area contributed by atoms with Crippen LogP contribution in [-0.4, -0.2) is 47.8 Å². The van der Waals surface area contributed by atoms with Gasteiger partial charge < -0.3 is 9.80 Å². The van der Waals surface area contributed by atoms with Crippen LogP contribution in [0.25, 0.3) is 10.6 Å². The standard InChI is InChI=1S/C22H24N4O2S/c1-24(2)17-9-7-16(8-10-17)22(28)25-13-3-5-18(15-25)26-21(27)12-11-19(23-26)20-6-4-14-29-20/h4,6-12,14,18H,3,5,13,15H2,1-2H3/t18-/m1/s1. The predicted molar refractivity (Wildman–Crippen MR) is 117 cm³/mol. The number of aromatic nitrogens is 2. The highest BCUT2D eigenvalue weighted by molar-refractivity contribution is 7.13. The van der Waals surface area contributed by atoms with E-state index in [-0.39, 0.29) is 17.5 Å². The Morgan fingerprint density at radius 2 is 1.93 bits per heavy atom. The van der Waals surface area contributed by atoms with Gasteiger partial charge in [0.2, 0.25) is 0 Å². The minimum atomic E-state index is -0.125. The number of amides is 1. The van der Waals surface area contributed by atoms with E-state index in [1.165, 1.54) is 0 Å². The van der Waals surface area contributed by atoms with Crippen molar-refractivity contribution in [2.75, 3.05) is 32.1 Å². The van der Waals surface area contributed by atoms with Gasteiger partial charge in [0.15, 0.2) is 0 Å². The minimum absolute atomic E-state index is 0.00228. The molecule has 3 heterocycles. The van der Waals surface area contributed by atoms with Crippen molar-refractivity contribution in [2.24, 2.45) is 0 Å². The lowest BCUT2D eigenvalue weighted by Gasteiger charge is -2.33. The molecule has 0 bridgehead atoms. The summed E-state index contributed by atoms with van der Waals surface area (Å²) in [6, 6.07) is 14.8. The second-order valence-corrected chi connectivity index (χ2v) is 8.41. The van der Waals surface area contributed by atoms with Crippen molar-refractivity contribution in [1.29, 1.82) is 0 Å². The van der Waals surface area contributed by atoms with E-state index in [4.69, 9.17) is 0 Å². The summed E-state index contributed by atoms with van der Waals surface area (Å²) in [5.41, 5.74) is 2.39. The average molecular weight is 409 g/mol. The molecule has 4 rings (SSSR count). The summed E-state index contributed by atoms with van der Waals surface area (Å²) in [6.45, 7) is 1.19. The van der Waals surface area contributed by atoms with Crippen LogP contribution in [0.15, 0.2) is 58.7 Å². The number of likely N-dealkylation sites (tertiary alicyclic amines) is 1. The van der Waals surface area contributed by atoms with Crippen LogP contribution >= 0.6 is 11.3 Å². The van der Waals surface area contributed by atoms with Crippen LogP contribution in [0, 0.1) is 0 Å². The molecule has 1 fully saturated rings. The molecule has 1 amide bonds. The maximum atomic E-state index is 13.0. The van der Waals surface area contributed by atoms with Crippen LogP contribution < -0.4 is 10.5 Å². The summed E-state index contributed by atoms with van der Waals surface area (Å²) >= 11 is 1.60. The maximum Gasteiger partial charge on any atom is 0.267 e. The van der Waals surface area contributed by atoms with Gasteiger partial charge >= 0.3 is 0 Å². The number of thiophene rings is 1. The highest BCUT2D eigenvalue weighted by Gasteiger charge is 2.27. The van der Waals surface area contributed by atoms with E-state index in [9.17, 15) is 9.59 Å². The van der Waals surface area contributed by atoms with Crippen LogP contribution in [0.4, 0.5) is 5.69 Å². The van der Waals surface area contributed by atoms with Gasteiger partial charge in [0, 0.05) is 44.5 Å². The molecular formula is C22H24N4O2S. The molecule has 1 saturated heterocycles. The third-order valence-electron chi connectivity index (χ3n) is 5.26. The number of carbonyl (C=O) groups excluding carboxylic acids is 1. The van der Waals surface area contributed by atoms with Crippen LogP contribution in [0.2, 0.25) is 0 Å². The number of nitrogens with zero attached hydrogens (tertiary/aromatic N) is 4. The van der Waals surface area contributed by atoms with Gasteiger partial charge in [0.25, 0.3) is 11.5 Å². The number of anilines is 1. The highest BCUT2D eigenvalue weighted by Crippen LogP contribution is 2.25. The van der Waals surface area contributed by atoms with Crippen molar-refractivity contribution < 1.29 is 4.79 Å². The molecule has 6 nitrogen and oxygen atoms in total. The smallest absolute Gasteiger partial charge is 0.267 e. The Labute approximate surface area is 174 Å². The molecule has 1 aromatic carbocycles. The van der Waals surface area contributed by atoms with E-state index in [1.54, 1.807) is 28.2 Å². The normalized spacial score (nSPS) is 16.6. The Balaban J connectivity index is 1.55. The summed E-state index contributed by atoms with van der Waals surface area (Å²) in [6.07, 6.45) is 1.69. The summed E-state index contributed by atoms with van der Waals surface area (Å²) < 4.78 is 1.56. The second-order valence-electron chi connectivity index (χ2n) is 7.47. The summed E-state index contributed by atoms with van der Waals surface area (Å²) in [7, 11) is 3.95. The Morgan fingerprint density at radius 3 is 2.62 bits per heavy atom. The molecule has 0 N–H and O–H groups in total. The number of hydrogen-bond donors (Lipinski definition) is 0. The Hall–Kier alpha value is -2.93. The van der Waals surface area contributed by atoms with Crippen molar-refractivity contribution >= 4 is 22.9 Å². The van der Waals surface area contributed by atoms with E-state index >= 15 is 0 Å². The molecular weight excluding hydrogens is 384 g/mol. The topological polar surface area (TPSA) is 58.4 Å². The quantitative estimate of drug-likeness (QED) is 0.663. The SMILES string of the molecule is CN(C)c1ccc(C(=O)N2CCC[C@@H](n3nc(-c4cccs4)ccc3=O)C2)cc1. The molecule has 0 radical (unpaired) electrons. The highest BCUT2D eigenvalue weighted by atomic mass is 32.1. The lowest BCUT2D eigenvalue weighted by molar-refractivity contribution is 0.0670. The Morgan fingerprint density at radius 1 is 1.14 bits per heavy atom. The first-order valence-electron chi connectivity index (χ1n) is 9.73. The first-order valence-corrected chi connectivity index (χ1v) is 10.6. The van der Waals surface area contributed by atoms with Gasteiger partial charge in [-0.25, -0.2) is 4.68 Å². The fraction of sp³-hybridized carbons (Fsp3) is 0.318. The van der Waals surface area contributed by atoms with E-state index < -0.39 is 0 Å². The molecule has 1 aliphatic rings. The van der Waals surface area contributed by atoms with Gasteiger partial charge in [0.1, 0.15) is 5.69 Å². The Kier molecular flexibility index (Phi) is 5.49. The zero-order chi connectivity index (χ0) is 20.4. The summed E-state index contributed by atoms with van der Waals surface area (Å²) in [5.74, 6) is 0.00228. The van der Waals surface area contributed by atoms with Crippen molar-refractivity contribution in [3.8, 4) is 10.6 Å². The van der Waals surface area contributed by atoms with Crippen molar-refractivity contribution in [3.05, 3.63) is 69.8 Å². The zero-order valence-corrected chi connectivity index (χ0v) is 17.4. The minimum Gasteiger partial charge on any atom is -0.378 e. The van der Waals surface area contributed by atoms with E-state index in [1.807, 2.05) is 65.7 Å². The number of benzene rings is 1. The molecule has 29 heavy (non-hydrogen) atoms. The molecule has 3 aromatic rings. The van der Waals surface area contributed by atoms with Gasteiger partial charge in [-0.2, -0.15) is 5.10 Å². The molecule has 0 spiro atoms. The summed E-state index contributed by atoms with van der Waals surface area (Å²) in [4.78, 5) is 30.4. The van der Waals surface area contributed by atoms with Crippen molar-refractivity contribution in [3.63, 3.8) is 0 Å². The van der Waals surface area contributed by atoms with Gasteiger partial charge in [-0.15, -0.1) is 11.3 Å². The first-order chi connectivity index (χ1) is 14.0. The van der Waals surface area contributed by atoms with Crippen LogP contribution in [0.3, 0.4) is 0 Å². The number of piperidine rings is 1. The van der Waals surface area contributed by atoms with Crippen LogP contribution in [-0.2, 0) is 0 Å². The molecule has 150 valence electrons. The molecule has 1 aliphatic heterocycles. The lowest BCUT2D eigenvalue weighted by Crippen LogP contribution is -2.43. The number of rotatable bonds is 4. The third kappa shape index (κ3) is 4.10. The second kappa shape index (κ2) is 8.21. The largest absolute Gasteiger partial charge is 0.378 e. The van der Waals surface area contributed by atoms with Gasteiger partial charge in [-0.3, -0.25) is 9.59 Å². The fourth-order valence-electron chi connectivity index (χ4n) is 3.67. The van der Waals surface area contributed by atoms with Gasteiger partial charge in [0.05, 0.1) is 10.9 Å². The molecule has 7 heteroatoms. The third-order valence-corrected chi connectivity index (χ3v) is 6.15.